The van der Waals surface area contributed by atoms with E-state index < -0.39 is 0 Å². The first-order chi connectivity index (χ1) is 6.83. The van der Waals surface area contributed by atoms with Crippen molar-refractivity contribution in [3.8, 4) is 12.3 Å². The average molecular weight is 212 g/mol. The summed E-state index contributed by atoms with van der Waals surface area (Å²) in [6.45, 7) is 1.15. The van der Waals surface area contributed by atoms with Crippen LogP contribution in [-0.2, 0) is 4.79 Å². The molecule has 0 atom stereocenters. The van der Waals surface area contributed by atoms with Crippen molar-refractivity contribution in [2.45, 2.75) is 18.9 Å². The Hall–Kier alpha value is -0.660. The molecule has 0 aliphatic heterocycles. The van der Waals surface area contributed by atoms with Crippen LogP contribution in [0.5, 0.6) is 0 Å². The quantitative estimate of drug-likeness (QED) is 0.468. The van der Waals surface area contributed by atoms with E-state index in [1.807, 2.05) is 0 Å². The topological polar surface area (TPSA) is 41.1 Å². The number of nitrogens with one attached hydrogen (secondary N) is 2. The molecule has 4 heteroatoms. The Morgan fingerprint density at radius 2 is 2.36 bits per heavy atom. The van der Waals surface area contributed by atoms with Gasteiger partial charge in [-0.2, -0.15) is 0 Å². The van der Waals surface area contributed by atoms with Crippen molar-refractivity contribution < 1.29 is 4.79 Å². The fraction of sp³-hybridized carbons (Fsp3) is 0.700. The summed E-state index contributed by atoms with van der Waals surface area (Å²) in [5.74, 6) is 4.23. The summed E-state index contributed by atoms with van der Waals surface area (Å²) in [5.41, 5.74) is 0. The van der Waals surface area contributed by atoms with Gasteiger partial charge in [-0.15, -0.1) is 18.2 Å². The standard InChI is InChI=1S/C10H16N2OS/c1-2-6-14-7-5-11-10(13)8-12-9-3-4-9/h1,9,12H,3-8H2,(H,11,13). The molecule has 1 amide bonds. The van der Waals surface area contributed by atoms with Crippen molar-refractivity contribution in [3.63, 3.8) is 0 Å². The summed E-state index contributed by atoms with van der Waals surface area (Å²) < 4.78 is 0. The van der Waals surface area contributed by atoms with Crippen LogP contribution in [0.4, 0.5) is 0 Å². The number of amides is 1. The Morgan fingerprint density at radius 1 is 1.57 bits per heavy atom. The van der Waals surface area contributed by atoms with E-state index in [1.54, 1.807) is 11.8 Å². The zero-order chi connectivity index (χ0) is 10.2. The SMILES string of the molecule is C#CCSCCNC(=O)CNC1CC1. The highest BCUT2D eigenvalue weighted by molar-refractivity contribution is 7.99. The molecule has 0 aromatic rings. The largest absolute Gasteiger partial charge is 0.354 e. The van der Waals surface area contributed by atoms with Gasteiger partial charge in [0.15, 0.2) is 0 Å². The van der Waals surface area contributed by atoms with Crippen LogP contribution in [0.2, 0.25) is 0 Å². The summed E-state index contributed by atoms with van der Waals surface area (Å²) in [6.07, 6.45) is 7.52. The van der Waals surface area contributed by atoms with Gasteiger partial charge in [0.25, 0.3) is 0 Å². The van der Waals surface area contributed by atoms with E-state index in [0.717, 1.165) is 11.5 Å². The second-order valence-corrected chi connectivity index (χ2v) is 4.37. The molecule has 0 spiro atoms. The number of hydrogen-bond acceptors (Lipinski definition) is 3. The minimum Gasteiger partial charge on any atom is -0.354 e. The Labute approximate surface area is 89.4 Å². The number of rotatable bonds is 7. The van der Waals surface area contributed by atoms with Gasteiger partial charge in [-0.25, -0.2) is 0 Å². The Morgan fingerprint density at radius 3 is 3.00 bits per heavy atom. The number of carbonyl (C=O) groups excluding carboxylic acids is 1. The summed E-state index contributed by atoms with van der Waals surface area (Å²) in [6, 6.07) is 0.594. The van der Waals surface area contributed by atoms with Gasteiger partial charge in [0.2, 0.25) is 5.91 Å². The summed E-state index contributed by atoms with van der Waals surface area (Å²) in [7, 11) is 0. The smallest absolute Gasteiger partial charge is 0.233 e. The predicted octanol–water partition coefficient (Wildman–Crippen LogP) is 0.221. The molecule has 1 aliphatic rings. The van der Waals surface area contributed by atoms with Crippen molar-refractivity contribution in [2.24, 2.45) is 0 Å². The molecule has 1 fully saturated rings. The first-order valence-corrected chi connectivity index (χ1v) is 5.99. The van der Waals surface area contributed by atoms with Crippen LogP contribution in [-0.4, -0.2) is 36.5 Å². The Kier molecular flexibility index (Phi) is 5.50. The summed E-state index contributed by atoms with van der Waals surface area (Å²) in [5, 5.41) is 5.99. The minimum absolute atomic E-state index is 0.0817. The predicted molar refractivity (Wildman–Crippen MR) is 60.2 cm³/mol. The van der Waals surface area contributed by atoms with E-state index >= 15 is 0 Å². The zero-order valence-electron chi connectivity index (χ0n) is 8.21. The Bertz CT molecular complexity index is 221. The van der Waals surface area contributed by atoms with E-state index in [0.29, 0.717) is 19.1 Å². The van der Waals surface area contributed by atoms with Gasteiger partial charge in [-0.05, 0) is 12.8 Å². The van der Waals surface area contributed by atoms with Crippen LogP contribution in [0.25, 0.3) is 0 Å². The molecule has 0 bridgehead atoms. The van der Waals surface area contributed by atoms with Crippen LogP contribution in [0.15, 0.2) is 0 Å². The van der Waals surface area contributed by atoms with Crippen LogP contribution < -0.4 is 10.6 Å². The molecule has 2 N–H and O–H groups in total. The molecule has 1 rings (SSSR count). The number of carbonyl (C=O) groups is 1. The maximum absolute atomic E-state index is 11.2. The Balaban J connectivity index is 1.84. The third-order valence-corrected chi connectivity index (χ3v) is 2.75. The molecule has 1 saturated carbocycles. The minimum atomic E-state index is 0.0817. The lowest BCUT2D eigenvalue weighted by molar-refractivity contribution is -0.120. The zero-order valence-corrected chi connectivity index (χ0v) is 9.03. The van der Waals surface area contributed by atoms with Crippen molar-refractivity contribution in [2.75, 3.05) is 24.6 Å². The molecule has 0 aromatic heterocycles. The normalized spacial score (nSPS) is 14.8. The monoisotopic (exact) mass is 212 g/mol. The van der Waals surface area contributed by atoms with Crippen LogP contribution in [0.1, 0.15) is 12.8 Å². The number of thioether (sulfide) groups is 1. The average Bonchev–Trinajstić information content (AvgIpc) is 2.98. The fourth-order valence-electron chi connectivity index (χ4n) is 0.981. The maximum Gasteiger partial charge on any atom is 0.233 e. The van der Waals surface area contributed by atoms with E-state index in [1.165, 1.54) is 12.8 Å². The molecule has 1 aliphatic carbocycles. The molecule has 0 unspecified atom stereocenters. The van der Waals surface area contributed by atoms with Gasteiger partial charge in [-0.3, -0.25) is 4.79 Å². The molecule has 14 heavy (non-hydrogen) atoms. The van der Waals surface area contributed by atoms with E-state index in [-0.39, 0.29) is 5.91 Å². The number of hydrogen-bond donors (Lipinski definition) is 2. The highest BCUT2D eigenvalue weighted by Gasteiger charge is 2.20. The second-order valence-electron chi connectivity index (χ2n) is 3.26. The second kappa shape index (κ2) is 6.74. The van der Waals surface area contributed by atoms with Crippen LogP contribution in [0, 0.1) is 12.3 Å². The lowest BCUT2D eigenvalue weighted by atomic mass is 10.5. The third-order valence-electron chi connectivity index (χ3n) is 1.88. The number of terminal acetylenes is 1. The molecule has 0 saturated heterocycles. The van der Waals surface area contributed by atoms with Gasteiger partial charge in [0.05, 0.1) is 12.3 Å². The van der Waals surface area contributed by atoms with Gasteiger partial charge >= 0.3 is 0 Å². The van der Waals surface area contributed by atoms with Crippen molar-refractivity contribution in [1.29, 1.82) is 0 Å². The molecule has 78 valence electrons. The van der Waals surface area contributed by atoms with Gasteiger partial charge < -0.3 is 10.6 Å². The highest BCUT2D eigenvalue weighted by Crippen LogP contribution is 2.17. The lowest BCUT2D eigenvalue weighted by Crippen LogP contribution is -2.35. The van der Waals surface area contributed by atoms with Gasteiger partial charge in [-0.1, -0.05) is 5.92 Å². The molecule has 0 radical (unpaired) electrons. The molecular formula is C10H16N2OS. The van der Waals surface area contributed by atoms with E-state index in [2.05, 4.69) is 16.6 Å². The van der Waals surface area contributed by atoms with E-state index in [9.17, 15) is 4.79 Å². The highest BCUT2D eigenvalue weighted by atomic mass is 32.2. The molecule has 0 aromatic carbocycles. The molecule has 0 heterocycles. The van der Waals surface area contributed by atoms with Crippen molar-refractivity contribution in [3.05, 3.63) is 0 Å². The first kappa shape index (κ1) is 11.4. The maximum atomic E-state index is 11.2. The fourth-order valence-corrected chi connectivity index (χ4v) is 1.49. The molecular weight excluding hydrogens is 196 g/mol. The summed E-state index contributed by atoms with van der Waals surface area (Å²) >= 11 is 1.66. The van der Waals surface area contributed by atoms with Crippen LogP contribution in [0.3, 0.4) is 0 Å². The van der Waals surface area contributed by atoms with E-state index in [4.69, 9.17) is 6.42 Å². The third kappa shape index (κ3) is 5.90. The molecule has 3 nitrogen and oxygen atoms in total. The van der Waals surface area contributed by atoms with Gasteiger partial charge in [0, 0.05) is 18.3 Å². The van der Waals surface area contributed by atoms with Crippen LogP contribution >= 0.6 is 11.8 Å². The first-order valence-electron chi connectivity index (χ1n) is 4.84. The summed E-state index contributed by atoms with van der Waals surface area (Å²) in [4.78, 5) is 11.2. The van der Waals surface area contributed by atoms with Gasteiger partial charge in [0.1, 0.15) is 0 Å². The lowest BCUT2D eigenvalue weighted by Gasteiger charge is -2.04. The van der Waals surface area contributed by atoms with Crippen molar-refractivity contribution in [1.82, 2.24) is 10.6 Å². The van der Waals surface area contributed by atoms with Crippen molar-refractivity contribution >= 4 is 17.7 Å².